The summed E-state index contributed by atoms with van der Waals surface area (Å²) in [5.41, 5.74) is 2.77. The van der Waals surface area contributed by atoms with Gasteiger partial charge in [0.05, 0.1) is 17.3 Å². The van der Waals surface area contributed by atoms with Crippen molar-refractivity contribution < 1.29 is 5.11 Å². The van der Waals surface area contributed by atoms with E-state index < -0.39 is 6.10 Å². The summed E-state index contributed by atoms with van der Waals surface area (Å²) >= 11 is 2.28. The number of nitrogens with zero attached hydrogens (tertiary/aromatic N) is 1. The summed E-state index contributed by atoms with van der Waals surface area (Å²) in [5.74, 6) is 0. The molecule has 1 aromatic heterocycles. The van der Waals surface area contributed by atoms with E-state index in [4.69, 9.17) is 0 Å². The molecule has 0 amide bonds. The molecule has 0 aliphatic heterocycles. The van der Waals surface area contributed by atoms with Gasteiger partial charge in [-0.2, -0.15) is 0 Å². The zero-order chi connectivity index (χ0) is 13.9. The van der Waals surface area contributed by atoms with E-state index in [1.165, 1.54) is 3.57 Å². The summed E-state index contributed by atoms with van der Waals surface area (Å²) < 4.78 is 1.20. The molecule has 0 fully saturated rings. The van der Waals surface area contributed by atoms with Crippen molar-refractivity contribution in [3.8, 4) is 0 Å². The van der Waals surface area contributed by atoms with Crippen LogP contribution in [0.15, 0.2) is 60.7 Å². The topological polar surface area (TPSA) is 33.1 Å². The van der Waals surface area contributed by atoms with Gasteiger partial charge in [0.25, 0.3) is 0 Å². The minimum atomic E-state index is -0.570. The molecule has 0 aliphatic rings. The lowest BCUT2D eigenvalue weighted by Crippen LogP contribution is -2.04. The standard InChI is InChI=1S/C17H14INO/c18-14-8-5-12(6-9-14)11-17(20)16-10-7-13-3-1-2-4-15(13)19-16/h1-10,17,20H,11H2. The third-order valence-electron chi connectivity index (χ3n) is 3.30. The summed E-state index contributed by atoms with van der Waals surface area (Å²) in [6, 6.07) is 20.1. The fourth-order valence-corrected chi connectivity index (χ4v) is 2.58. The van der Waals surface area contributed by atoms with Gasteiger partial charge in [-0.25, -0.2) is 0 Å². The molecule has 2 nitrogen and oxygen atoms in total. The first-order chi connectivity index (χ1) is 9.72. The molecule has 0 bridgehead atoms. The molecule has 3 rings (SSSR count). The Kier molecular flexibility index (Phi) is 3.98. The highest BCUT2D eigenvalue weighted by Crippen LogP contribution is 2.20. The van der Waals surface area contributed by atoms with Crippen molar-refractivity contribution in [3.63, 3.8) is 0 Å². The van der Waals surface area contributed by atoms with E-state index >= 15 is 0 Å². The second kappa shape index (κ2) is 5.89. The number of pyridine rings is 1. The number of rotatable bonds is 3. The Labute approximate surface area is 131 Å². The molecule has 0 saturated carbocycles. The highest BCUT2D eigenvalue weighted by molar-refractivity contribution is 14.1. The van der Waals surface area contributed by atoms with Crippen molar-refractivity contribution >= 4 is 33.5 Å². The van der Waals surface area contributed by atoms with Crippen LogP contribution in [0.1, 0.15) is 17.4 Å². The van der Waals surface area contributed by atoms with Crippen LogP contribution < -0.4 is 0 Å². The number of fused-ring (bicyclic) bond motifs is 1. The molecule has 3 heteroatoms. The summed E-state index contributed by atoms with van der Waals surface area (Å²) in [6.07, 6.45) is 0.0158. The third kappa shape index (κ3) is 2.99. The van der Waals surface area contributed by atoms with Gasteiger partial charge in [-0.1, -0.05) is 36.4 Å². The molecule has 20 heavy (non-hydrogen) atoms. The lowest BCUT2D eigenvalue weighted by atomic mass is 10.0. The van der Waals surface area contributed by atoms with Crippen molar-refractivity contribution in [1.29, 1.82) is 0 Å². The first-order valence-corrected chi connectivity index (χ1v) is 7.58. The van der Waals surface area contributed by atoms with Crippen molar-refractivity contribution in [2.24, 2.45) is 0 Å². The lowest BCUT2D eigenvalue weighted by Gasteiger charge is -2.11. The summed E-state index contributed by atoms with van der Waals surface area (Å²) in [4.78, 5) is 4.54. The molecule has 3 aromatic rings. The van der Waals surface area contributed by atoms with Crippen LogP contribution in [0.3, 0.4) is 0 Å². The molecule has 1 N–H and O–H groups in total. The molecule has 0 spiro atoms. The van der Waals surface area contributed by atoms with E-state index in [0.717, 1.165) is 22.2 Å². The van der Waals surface area contributed by atoms with Crippen LogP contribution in [-0.2, 0) is 6.42 Å². The minimum Gasteiger partial charge on any atom is -0.386 e. The molecule has 1 atom stereocenters. The van der Waals surface area contributed by atoms with E-state index in [9.17, 15) is 5.11 Å². The Balaban J connectivity index is 1.84. The average Bonchev–Trinajstić information content (AvgIpc) is 2.49. The van der Waals surface area contributed by atoms with Crippen molar-refractivity contribution in [1.82, 2.24) is 4.98 Å². The number of para-hydroxylation sites is 1. The van der Waals surface area contributed by atoms with Crippen LogP contribution >= 0.6 is 22.6 Å². The van der Waals surface area contributed by atoms with Gasteiger partial charge in [0, 0.05) is 15.4 Å². The second-order valence-corrected chi connectivity index (χ2v) is 6.02. The molecule has 1 unspecified atom stereocenters. The summed E-state index contributed by atoms with van der Waals surface area (Å²) in [6.45, 7) is 0. The number of hydrogen-bond donors (Lipinski definition) is 1. The van der Waals surface area contributed by atoms with Crippen molar-refractivity contribution in [3.05, 3.63) is 75.5 Å². The lowest BCUT2D eigenvalue weighted by molar-refractivity contribution is 0.174. The van der Waals surface area contributed by atoms with E-state index in [0.29, 0.717) is 6.42 Å². The van der Waals surface area contributed by atoms with Crippen LogP contribution in [0.2, 0.25) is 0 Å². The monoisotopic (exact) mass is 375 g/mol. The second-order valence-electron chi connectivity index (χ2n) is 4.78. The van der Waals surface area contributed by atoms with Gasteiger partial charge in [-0.3, -0.25) is 4.98 Å². The maximum atomic E-state index is 10.3. The number of aliphatic hydroxyl groups is 1. The molecule has 100 valence electrons. The van der Waals surface area contributed by atoms with Gasteiger partial charge in [-0.15, -0.1) is 0 Å². The normalized spacial score (nSPS) is 12.5. The molecule has 0 radical (unpaired) electrons. The number of halogens is 1. The Morgan fingerprint density at radius 2 is 1.70 bits per heavy atom. The Morgan fingerprint density at radius 1 is 0.950 bits per heavy atom. The van der Waals surface area contributed by atoms with Crippen molar-refractivity contribution in [2.75, 3.05) is 0 Å². The molecule has 1 heterocycles. The molecular formula is C17H14INO. The fourth-order valence-electron chi connectivity index (χ4n) is 2.22. The van der Waals surface area contributed by atoms with Gasteiger partial charge in [-0.05, 0) is 52.4 Å². The summed E-state index contributed by atoms with van der Waals surface area (Å²) in [5, 5.41) is 11.4. The van der Waals surface area contributed by atoms with Gasteiger partial charge >= 0.3 is 0 Å². The molecule has 0 aliphatic carbocycles. The zero-order valence-corrected chi connectivity index (χ0v) is 13.0. The van der Waals surface area contributed by atoms with Gasteiger partial charge in [0.1, 0.15) is 0 Å². The number of hydrogen-bond acceptors (Lipinski definition) is 2. The quantitative estimate of drug-likeness (QED) is 0.699. The van der Waals surface area contributed by atoms with Crippen LogP contribution in [0, 0.1) is 3.57 Å². The van der Waals surface area contributed by atoms with E-state index in [-0.39, 0.29) is 0 Å². The van der Waals surface area contributed by atoms with E-state index in [1.807, 2.05) is 48.5 Å². The van der Waals surface area contributed by atoms with Crippen LogP contribution in [0.4, 0.5) is 0 Å². The highest BCUT2D eigenvalue weighted by Gasteiger charge is 2.10. The molecular weight excluding hydrogens is 361 g/mol. The first kappa shape index (κ1) is 13.5. The van der Waals surface area contributed by atoms with E-state index in [2.05, 4.69) is 39.7 Å². The van der Waals surface area contributed by atoms with Crippen LogP contribution in [-0.4, -0.2) is 10.1 Å². The highest BCUT2D eigenvalue weighted by atomic mass is 127. The van der Waals surface area contributed by atoms with Gasteiger partial charge in [0.15, 0.2) is 0 Å². The largest absolute Gasteiger partial charge is 0.386 e. The van der Waals surface area contributed by atoms with Gasteiger partial charge in [0.2, 0.25) is 0 Å². The number of aliphatic hydroxyl groups excluding tert-OH is 1. The first-order valence-electron chi connectivity index (χ1n) is 6.50. The zero-order valence-electron chi connectivity index (χ0n) is 10.8. The Morgan fingerprint density at radius 3 is 2.50 bits per heavy atom. The predicted octanol–water partition coefficient (Wildman–Crippen LogP) is 4.12. The maximum Gasteiger partial charge on any atom is 0.1000 e. The van der Waals surface area contributed by atoms with E-state index in [1.54, 1.807) is 0 Å². The third-order valence-corrected chi connectivity index (χ3v) is 4.02. The number of aromatic nitrogens is 1. The van der Waals surface area contributed by atoms with Crippen LogP contribution in [0.5, 0.6) is 0 Å². The van der Waals surface area contributed by atoms with Crippen molar-refractivity contribution in [2.45, 2.75) is 12.5 Å². The van der Waals surface area contributed by atoms with Gasteiger partial charge < -0.3 is 5.11 Å². The predicted molar refractivity (Wildman–Crippen MR) is 89.6 cm³/mol. The minimum absolute atomic E-state index is 0.570. The maximum absolute atomic E-state index is 10.3. The summed E-state index contributed by atoms with van der Waals surface area (Å²) in [7, 11) is 0. The Hall–Kier alpha value is -1.46. The molecule has 0 saturated heterocycles. The molecule has 2 aromatic carbocycles. The average molecular weight is 375 g/mol. The smallest absolute Gasteiger partial charge is 0.1000 e. The number of benzene rings is 2. The SMILES string of the molecule is OC(Cc1ccc(I)cc1)c1ccc2ccccc2n1. The van der Waals surface area contributed by atoms with Crippen LogP contribution in [0.25, 0.3) is 10.9 Å². The Bertz CT molecular complexity index is 724. The fraction of sp³-hybridized carbons (Fsp3) is 0.118.